The molecular weight excluding hydrogens is 225 g/mol. The van der Waals surface area contributed by atoms with Crippen molar-refractivity contribution in [3.05, 3.63) is 65.0 Å². The molecule has 2 rings (SSSR count). The lowest BCUT2D eigenvalue weighted by atomic mass is 10.1. The molecule has 0 radical (unpaired) electrons. The van der Waals surface area contributed by atoms with Crippen LogP contribution < -0.4 is 5.32 Å². The molecule has 0 aliphatic heterocycles. The molecule has 2 aromatic rings. The molecule has 18 heavy (non-hydrogen) atoms. The van der Waals surface area contributed by atoms with Gasteiger partial charge in [-0.05, 0) is 38.0 Å². The minimum Gasteiger partial charge on any atom is -0.376 e. The highest BCUT2D eigenvalue weighted by atomic mass is 19.1. The van der Waals surface area contributed by atoms with Gasteiger partial charge in [-0.3, -0.25) is 0 Å². The molecule has 0 saturated heterocycles. The normalized spacial score (nSPS) is 12.2. The second-order valence-electron chi connectivity index (χ2n) is 4.72. The fourth-order valence-corrected chi connectivity index (χ4v) is 2.01. The highest BCUT2D eigenvalue weighted by Gasteiger charge is 2.09. The summed E-state index contributed by atoms with van der Waals surface area (Å²) in [7, 11) is 0. The molecule has 2 heteroatoms. The van der Waals surface area contributed by atoms with Crippen LogP contribution in [0, 0.1) is 19.7 Å². The molecule has 1 nitrogen and oxygen atoms in total. The maximum absolute atomic E-state index is 13.9. The Labute approximate surface area is 108 Å². The molecule has 1 N–H and O–H groups in total. The molecule has 2 aromatic carbocycles. The van der Waals surface area contributed by atoms with Crippen LogP contribution in [-0.4, -0.2) is 0 Å². The van der Waals surface area contributed by atoms with Gasteiger partial charge in [0.2, 0.25) is 0 Å². The minimum absolute atomic E-state index is 0.0844. The third-order valence-electron chi connectivity index (χ3n) is 3.11. The zero-order chi connectivity index (χ0) is 13.1. The summed E-state index contributed by atoms with van der Waals surface area (Å²) in [5.41, 5.74) is 3.60. The van der Waals surface area contributed by atoms with Crippen LogP contribution in [0.5, 0.6) is 0 Å². The summed E-state index contributed by atoms with van der Waals surface area (Å²) >= 11 is 0. The second kappa shape index (κ2) is 5.21. The van der Waals surface area contributed by atoms with Crippen molar-refractivity contribution in [1.82, 2.24) is 0 Å². The van der Waals surface area contributed by atoms with E-state index in [1.165, 1.54) is 5.56 Å². The highest BCUT2D eigenvalue weighted by molar-refractivity contribution is 5.49. The van der Waals surface area contributed by atoms with E-state index in [-0.39, 0.29) is 11.9 Å². The second-order valence-corrected chi connectivity index (χ2v) is 4.72. The molecule has 94 valence electrons. The molecule has 0 amide bonds. The smallest absolute Gasteiger partial charge is 0.149 e. The Morgan fingerprint density at radius 1 is 1.06 bits per heavy atom. The molecule has 0 spiro atoms. The number of hydrogen-bond acceptors (Lipinski definition) is 1. The van der Waals surface area contributed by atoms with E-state index in [1.54, 1.807) is 19.1 Å². The van der Waals surface area contributed by atoms with Crippen LogP contribution in [0.3, 0.4) is 0 Å². The third kappa shape index (κ3) is 2.70. The zero-order valence-electron chi connectivity index (χ0n) is 11.0. The lowest BCUT2D eigenvalue weighted by Gasteiger charge is -2.17. The summed E-state index contributed by atoms with van der Waals surface area (Å²) in [4.78, 5) is 0. The third-order valence-corrected chi connectivity index (χ3v) is 3.11. The van der Waals surface area contributed by atoms with Gasteiger partial charge in [-0.1, -0.05) is 42.0 Å². The van der Waals surface area contributed by atoms with Gasteiger partial charge in [0.15, 0.2) is 0 Å². The predicted octanol–water partition coefficient (Wildman–Crippen LogP) is 4.62. The molecule has 0 heterocycles. The summed E-state index contributed by atoms with van der Waals surface area (Å²) in [5, 5.41) is 3.22. The quantitative estimate of drug-likeness (QED) is 0.829. The van der Waals surface area contributed by atoms with Gasteiger partial charge in [-0.2, -0.15) is 0 Å². The number of aryl methyl sites for hydroxylation is 2. The molecule has 1 unspecified atom stereocenters. The van der Waals surface area contributed by atoms with Crippen molar-refractivity contribution in [2.45, 2.75) is 26.8 Å². The summed E-state index contributed by atoms with van der Waals surface area (Å²) in [6.07, 6.45) is 0. The van der Waals surface area contributed by atoms with Crippen molar-refractivity contribution in [3.8, 4) is 0 Å². The zero-order valence-corrected chi connectivity index (χ0v) is 11.0. The average Bonchev–Trinajstić information content (AvgIpc) is 2.35. The largest absolute Gasteiger partial charge is 0.376 e. The number of rotatable bonds is 3. The lowest BCUT2D eigenvalue weighted by molar-refractivity contribution is 0.618. The van der Waals surface area contributed by atoms with Gasteiger partial charge in [0, 0.05) is 6.04 Å². The molecule has 0 saturated carbocycles. The highest BCUT2D eigenvalue weighted by Crippen LogP contribution is 2.23. The van der Waals surface area contributed by atoms with Crippen molar-refractivity contribution < 1.29 is 4.39 Å². The Kier molecular flexibility index (Phi) is 3.66. The van der Waals surface area contributed by atoms with Gasteiger partial charge in [-0.15, -0.1) is 0 Å². The molecule has 0 aliphatic rings. The first-order chi connectivity index (χ1) is 8.58. The fraction of sp³-hybridized carbons (Fsp3) is 0.250. The molecule has 0 fully saturated rings. The van der Waals surface area contributed by atoms with E-state index in [1.807, 2.05) is 19.1 Å². The number of halogens is 1. The lowest BCUT2D eigenvalue weighted by Crippen LogP contribution is -2.08. The van der Waals surface area contributed by atoms with E-state index in [0.717, 1.165) is 5.56 Å². The Morgan fingerprint density at radius 2 is 1.78 bits per heavy atom. The van der Waals surface area contributed by atoms with Crippen LogP contribution in [0.2, 0.25) is 0 Å². The topological polar surface area (TPSA) is 12.0 Å². The summed E-state index contributed by atoms with van der Waals surface area (Å²) in [6, 6.07) is 13.7. The maximum Gasteiger partial charge on any atom is 0.149 e. The Hall–Kier alpha value is -1.83. The van der Waals surface area contributed by atoms with Crippen LogP contribution in [0.25, 0.3) is 0 Å². The first-order valence-electron chi connectivity index (χ1n) is 6.16. The SMILES string of the molecule is Cc1cccc(C(C)Nc2cccc(C)c2F)c1. The van der Waals surface area contributed by atoms with E-state index >= 15 is 0 Å². The monoisotopic (exact) mass is 243 g/mol. The van der Waals surface area contributed by atoms with Gasteiger partial charge in [0.05, 0.1) is 5.69 Å². The Morgan fingerprint density at radius 3 is 2.50 bits per heavy atom. The van der Waals surface area contributed by atoms with Gasteiger partial charge < -0.3 is 5.32 Å². The standard InChI is InChI=1S/C16H18FN/c1-11-6-4-8-14(10-11)13(3)18-15-9-5-7-12(2)16(15)17/h4-10,13,18H,1-3H3. The summed E-state index contributed by atoms with van der Waals surface area (Å²) in [6.45, 7) is 5.87. The molecule has 1 atom stereocenters. The minimum atomic E-state index is -0.169. The summed E-state index contributed by atoms with van der Waals surface area (Å²) in [5.74, 6) is -0.169. The van der Waals surface area contributed by atoms with Crippen molar-refractivity contribution >= 4 is 5.69 Å². The van der Waals surface area contributed by atoms with Crippen LogP contribution in [0.1, 0.15) is 29.7 Å². The predicted molar refractivity (Wildman–Crippen MR) is 74.4 cm³/mol. The molecule has 0 aliphatic carbocycles. The number of hydrogen-bond donors (Lipinski definition) is 1. The van der Waals surface area contributed by atoms with Crippen molar-refractivity contribution in [1.29, 1.82) is 0 Å². The van der Waals surface area contributed by atoms with Gasteiger partial charge in [0.25, 0.3) is 0 Å². The van der Waals surface area contributed by atoms with Gasteiger partial charge >= 0.3 is 0 Å². The van der Waals surface area contributed by atoms with Crippen molar-refractivity contribution in [2.75, 3.05) is 5.32 Å². The van der Waals surface area contributed by atoms with Crippen LogP contribution in [-0.2, 0) is 0 Å². The summed E-state index contributed by atoms with van der Waals surface area (Å²) < 4.78 is 13.9. The van der Waals surface area contributed by atoms with Crippen molar-refractivity contribution in [2.24, 2.45) is 0 Å². The molecule has 0 bridgehead atoms. The first-order valence-corrected chi connectivity index (χ1v) is 6.16. The van der Waals surface area contributed by atoms with Crippen LogP contribution in [0.4, 0.5) is 10.1 Å². The Bertz CT molecular complexity index is 549. The maximum atomic E-state index is 13.9. The van der Waals surface area contributed by atoms with Crippen molar-refractivity contribution in [3.63, 3.8) is 0 Å². The van der Waals surface area contributed by atoms with E-state index in [2.05, 4.69) is 30.4 Å². The van der Waals surface area contributed by atoms with E-state index in [4.69, 9.17) is 0 Å². The number of anilines is 1. The Balaban J connectivity index is 2.21. The van der Waals surface area contributed by atoms with Crippen LogP contribution in [0.15, 0.2) is 42.5 Å². The fourth-order valence-electron chi connectivity index (χ4n) is 2.01. The van der Waals surface area contributed by atoms with Gasteiger partial charge in [-0.25, -0.2) is 4.39 Å². The number of benzene rings is 2. The molecule has 0 aromatic heterocycles. The van der Waals surface area contributed by atoms with E-state index in [0.29, 0.717) is 11.3 Å². The average molecular weight is 243 g/mol. The van der Waals surface area contributed by atoms with Crippen LogP contribution >= 0.6 is 0 Å². The van der Waals surface area contributed by atoms with E-state index in [9.17, 15) is 4.39 Å². The first kappa shape index (κ1) is 12.6. The molecular formula is C16H18FN. The van der Waals surface area contributed by atoms with Gasteiger partial charge in [0.1, 0.15) is 5.82 Å². The number of nitrogens with one attached hydrogen (secondary N) is 1. The van der Waals surface area contributed by atoms with E-state index < -0.39 is 0 Å².